The van der Waals surface area contributed by atoms with Crippen LogP contribution in [0.25, 0.3) is 0 Å². The lowest BCUT2D eigenvalue weighted by Crippen LogP contribution is -2.45. The number of likely N-dealkylation sites (N-methyl/N-ethyl adjacent to an activating group) is 1. The van der Waals surface area contributed by atoms with Gasteiger partial charge in [-0.3, -0.25) is 9.59 Å². The molecule has 1 unspecified atom stereocenters. The smallest absolute Gasteiger partial charge is 0.315 e. The maximum Gasteiger partial charge on any atom is 0.316 e. The Morgan fingerprint density at radius 1 is 1.28 bits per heavy atom. The molecule has 1 aromatic heterocycles. The Hall–Kier alpha value is -1.36. The summed E-state index contributed by atoms with van der Waals surface area (Å²) in [5, 5.41) is 3.29. The number of hydrogen-bond donors (Lipinski definition) is 1. The Balaban J connectivity index is 2.19. The van der Waals surface area contributed by atoms with E-state index < -0.39 is 11.1 Å². The van der Waals surface area contributed by atoms with Gasteiger partial charge in [0.1, 0.15) is 0 Å². The zero-order chi connectivity index (χ0) is 13.1. The summed E-state index contributed by atoms with van der Waals surface area (Å²) in [5.41, 5.74) is -0.892. The predicted molar refractivity (Wildman–Crippen MR) is 70.7 cm³/mol. The molecule has 1 aromatic rings. The van der Waals surface area contributed by atoms with E-state index in [1.165, 1.54) is 34.8 Å². The summed E-state index contributed by atoms with van der Waals surface area (Å²) in [7, 11) is 3.52. The van der Waals surface area contributed by atoms with E-state index in [1.54, 1.807) is 19.4 Å². The second-order valence-corrected chi connectivity index (χ2v) is 5.11. The molecule has 1 N–H and O–H groups in total. The summed E-state index contributed by atoms with van der Waals surface area (Å²) in [6.45, 7) is 0.579. The van der Waals surface area contributed by atoms with E-state index in [0.29, 0.717) is 12.5 Å². The molecule has 0 aliphatic heterocycles. The van der Waals surface area contributed by atoms with Crippen LogP contribution in [0.2, 0.25) is 0 Å². The Kier molecular flexibility index (Phi) is 4.01. The van der Waals surface area contributed by atoms with E-state index >= 15 is 0 Å². The number of hydrogen-bond acceptors (Lipinski definition) is 3. The molecule has 5 nitrogen and oxygen atoms in total. The molecule has 100 valence electrons. The van der Waals surface area contributed by atoms with Gasteiger partial charge in [0.25, 0.3) is 0 Å². The predicted octanol–water partition coefficient (Wildman–Crippen LogP) is 0.325. The van der Waals surface area contributed by atoms with E-state index in [4.69, 9.17) is 0 Å². The number of nitrogens with one attached hydrogen (secondary N) is 1. The molecular formula is C13H21N3O2. The van der Waals surface area contributed by atoms with Crippen LogP contribution in [-0.4, -0.2) is 22.2 Å². The number of aromatic nitrogens is 2. The molecule has 18 heavy (non-hydrogen) atoms. The third-order valence-corrected chi connectivity index (χ3v) is 3.97. The van der Waals surface area contributed by atoms with Gasteiger partial charge < -0.3 is 14.5 Å². The molecule has 0 aromatic carbocycles. The monoisotopic (exact) mass is 251 g/mol. The van der Waals surface area contributed by atoms with Crippen molar-refractivity contribution in [2.24, 2.45) is 13.0 Å². The van der Waals surface area contributed by atoms with Crippen molar-refractivity contribution in [3.8, 4) is 0 Å². The molecule has 1 fully saturated rings. The third kappa shape index (κ3) is 2.56. The van der Waals surface area contributed by atoms with Gasteiger partial charge in [-0.15, -0.1) is 0 Å². The fourth-order valence-corrected chi connectivity index (χ4v) is 2.78. The molecule has 1 aliphatic rings. The van der Waals surface area contributed by atoms with Crippen molar-refractivity contribution in [2.45, 2.75) is 38.3 Å². The minimum absolute atomic E-state index is 0.275. The van der Waals surface area contributed by atoms with E-state index in [2.05, 4.69) is 5.32 Å². The third-order valence-electron chi connectivity index (χ3n) is 3.97. The number of aryl methyl sites for hydroxylation is 1. The first-order valence-electron chi connectivity index (χ1n) is 6.57. The highest BCUT2D eigenvalue weighted by atomic mass is 16.2. The summed E-state index contributed by atoms with van der Waals surface area (Å²) in [6.07, 6.45) is 8.31. The van der Waals surface area contributed by atoms with Crippen LogP contribution in [0.15, 0.2) is 22.0 Å². The van der Waals surface area contributed by atoms with E-state index in [0.717, 1.165) is 0 Å². The van der Waals surface area contributed by atoms with Gasteiger partial charge in [-0.2, -0.15) is 0 Å². The van der Waals surface area contributed by atoms with E-state index in [1.807, 2.05) is 7.05 Å². The zero-order valence-corrected chi connectivity index (χ0v) is 11.1. The van der Waals surface area contributed by atoms with Crippen molar-refractivity contribution in [1.29, 1.82) is 0 Å². The average Bonchev–Trinajstić information content (AvgIpc) is 2.89. The van der Waals surface area contributed by atoms with Crippen LogP contribution in [0.5, 0.6) is 0 Å². The first-order valence-corrected chi connectivity index (χ1v) is 6.57. The molecule has 0 radical (unpaired) electrons. The highest BCUT2D eigenvalue weighted by Crippen LogP contribution is 2.28. The summed E-state index contributed by atoms with van der Waals surface area (Å²) < 4.78 is 2.85. The molecule has 0 spiro atoms. The van der Waals surface area contributed by atoms with Crippen molar-refractivity contribution < 1.29 is 0 Å². The second kappa shape index (κ2) is 5.52. The van der Waals surface area contributed by atoms with Crippen LogP contribution in [0.4, 0.5) is 0 Å². The van der Waals surface area contributed by atoms with Crippen LogP contribution >= 0.6 is 0 Å². The van der Waals surface area contributed by atoms with Crippen molar-refractivity contribution in [2.75, 3.05) is 7.05 Å². The first-order chi connectivity index (χ1) is 8.63. The maximum atomic E-state index is 11.9. The van der Waals surface area contributed by atoms with Gasteiger partial charge in [0, 0.05) is 32.0 Å². The Morgan fingerprint density at radius 2 is 1.94 bits per heavy atom. The van der Waals surface area contributed by atoms with Crippen LogP contribution < -0.4 is 16.4 Å². The van der Waals surface area contributed by atoms with Gasteiger partial charge in [-0.05, 0) is 25.8 Å². The molecule has 5 heteroatoms. The Labute approximate surface area is 106 Å². The van der Waals surface area contributed by atoms with Crippen LogP contribution in [-0.2, 0) is 13.6 Å². The molecule has 0 amide bonds. The minimum atomic E-state index is -0.459. The SMILES string of the molecule is CNC(Cn1ccn(C)c(=O)c1=O)C1CCCC1. The van der Waals surface area contributed by atoms with Crippen molar-refractivity contribution >= 4 is 0 Å². The van der Waals surface area contributed by atoms with Crippen LogP contribution in [0.3, 0.4) is 0 Å². The van der Waals surface area contributed by atoms with Gasteiger partial charge in [0.15, 0.2) is 0 Å². The van der Waals surface area contributed by atoms with Crippen LogP contribution in [0.1, 0.15) is 25.7 Å². The molecule has 0 saturated heterocycles. The summed E-state index contributed by atoms with van der Waals surface area (Å²) in [4.78, 5) is 23.4. The van der Waals surface area contributed by atoms with E-state index in [-0.39, 0.29) is 6.04 Å². The average molecular weight is 251 g/mol. The van der Waals surface area contributed by atoms with Gasteiger partial charge in [0.2, 0.25) is 0 Å². The lowest BCUT2D eigenvalue weighted by atomic mass is 9.98. The molecule has 0 bridgehead atoms. The molecule has 1 atom stereocenters. The van der Waals surface area contributed by atoms with Crippen molar-refractivity contribution in [3.05, 3.63) is 33.1 Å². The summed E-state index contributed by atoms with van der Waals surface area (Å²) >= 11 is 0. The van der Waals surface area contributed by atoms with Crippen molar-refractivity contribution in [3.63, 3.8) is 0 Å². The lowest BCUT2D eigenvalue weighted by molar-refractivity contribution is 0.335. The highest BCUT2D eigenvalue weighted by molar-refractivity contribution is 4.88. The first kappa shape index (κ1) is 13.1. The minimum Gasteiger partial charge on any atom is -0.315 e. The topological polar surface area (TPSA) is 56.0 Å². The summed E-state index contributed by atoms with van der Waals surface area (Å²) in [6, 6.07) is 0.275. The maximum absolute atomic E-state index is 11.9. The van der Waals surface area contributed by atoms with Gasteiger partial charge in [-0.1, -0.05) is 12.8 Å². The van der Waals surface area contributed by atoms with Gasteiger partial charge in [0.05, 0.1) is 0 Å². The van der Waals surface area contributed by atoms with Crippen LogP contribution in [0, 0.1) is 5.92 Å². The quantitative estimate of drug-likeness (QED) is 0.784. The lowest BCUT2D eigenvalue weighted by Gasteiger charge is -2.23. The van der Waals surface area contributed by atoms with Gasteiger partial charge >= 0.3 is 11.1 Å². The molecule has 1 aliphatic carbocycles. The van der Waals surface area contributed by atoms with Crippen molar-refractivity contribution in [1.82, 2.24) is 14.5 Å². The Bertz CT molecular complexity index is 512. The fourth-order valence-electron chi connectivity index (χ4n) is 2.78. The van der Waals surface area contributed by atoms with E-state index in [9.17, 15) is 9.59 Å². The zero-order valence-electron chi connectivity index (χ0n) is 11.1. The molecular weight excluding hydrogens is 230 g/mol. The highest BCUT2D eigenvalue weighted by Gasteiger charge is 2.24. The largest absolute Gasteiger partial charge is 0.316 e. The molecule has 2 rings (SSSR count). The number of nitrogens with zero attached hydrogens (tertiary/aromatic N) is 2. The Morgan fingerprint density at radius 3 is 2.56 bits per heavy atom. The molecule has 1 saturated carbocycles. The second-order valence-electron chi connectivity index (χ2n) is 5.11. The standard InChI is InChI=1S/C13H21N3O2/c1-14-11(10-5-3-4-6-10)9-16-8-7-15(2)12(17)13(16)18/h7-8,10-11,14H,3-6,9H2,1-2H3. The normalized spacial score (nSPS) is 18.1. The molecule has 1 heterocycles. The fraction of sp³-hybridized carbons (Fsp3) is 0.692. The summed E-state index contributed by atoms with van der Waals surface area (Å²) in [5.74, 6) is 0.617. The number of rotatable bonds is 4. The van der Waals surface area contributed by atoms with Gasteiger partial charge in [-0.25, -0.2) is 0 Å².